The van der Waals surface area contributed by atoms with Gasteiger partial charge in [0.1, 0.15) is 30.1 Å². The number of hydrogen-bond donors (Lipinski definition) is 2. The number of halogens is 2. The largest absolute Gasteiger partial charge is 0.490 e. The number of aliphatic carboxylic acids is 1. The van der Waals surface area contributed by atoms with Crippen molar-refractivity contribution in [2.24, 2.45) is 0 Å². The third kappa shape index (κ3) is 4.95. The number of nitrogens with zero attached hydrogens (tertiary/aromatic N) is 1. The maximum atomic E-state index is 13.4. The number of ether oxygens (including phenoxy) is 2. The average molecular weight is 460 g/mol. The number of rotatable bonds is 4. The number of fused-ring (bicyclic) bond motifs is 2. The lowest BCUT2D eigenvalue weighted by atomic mass is 9.94. The molecule has 0 unspecified atom stereocenters. The minimum Gasteiger partial charge on any atom is -0.490 e. The third-order valence-electron chi connectivity index (χ3n) is 5.80. The minimum atomic E-state index is -0.949. The van der Waals surface area contributed by atoms with Crippen LogP contribution in [0.5, 0.6) is 5.75 Å². The highest BCUT2D eigenvalue weighted by Gasteiger charge is 2.39. The molecular formula is C23H22F2N2O6. The number of nitrogens with one attached hydrogen (secondary N) is 1. The van der Waals surface area contributed by atoms with Crippen LogP contribution in [0.25, 0.3) is 0 Å². The summed E-state index contributed by atoms with van der Waals surface area (Å²) >= 11 is 0. The van der Waals surface area contributed by atoms with Gasteiger partial charge in [-0.25, -0.2) is 8.78 Å². The molecule has 2 heterocycles. The van der Waals surface area contributed by atoms with Crippen LogP contribution in [0, 0.1) is 11.6 Å². The van der Waals surface area contributed by atoms with Crippen molar-refractivity contribution in [3.05, 3.63) is 59.2 Å². The van der Waals surface area contributed by atoms with E-state index in [9.17, 15) is 23.2 Å². The van der Waals surface area contributed by atoms with Crippen LogP contribution in [0.1, 0.15) is 40.0 Å². The highest BCUT2D eigenvalue weighted by molar-refractivity contribution is 6.05. The molecule has 8 nitrogen and oxygen atoms in total. The Kier molecular flexibility index (Phi) is 6.28. The molecule has 2 aliphatic rings. The predicted octanol–water partition coefficient (Wildman–Crippen LogP) is 3.07. The summed E-state index contributed by atoms with van der Waals surface area (Å²) in [7, 11) is 1.64. The molecule has 2 amide bonds. The van der Waals surface area contributed by atoms with Crippen LogP contribution in [-0.2, 0) is 9.53 Å². The van der Waals surface area contributed by atoms with E-state index < -0.39 is 35.7 Å². The van der Waals surface area contributed by atoms with Crippen molar-refractivity contribution in [3.8, 4) is 5.75 Å². The summed E-state index contributed by atoms with van der Waals surface area (Å²) < 4.78 is 38.6. The summed E-state index contributed by atoms with van der Waals surface area (Å²) in [5, 5.41) is 11.6. The number of carboxylic acids is 1. The smallest absolute Gasteiger partial charge is 0.305 e. The van der Waals surface area contributed by atoms with E-state index in [0.29, 0.717) is 18.9 Å². The summed E-state index contributed by atoms with van der Waals surface area (Å²) in [4.78, 5) is 38.2. The molecule has 2 aliphatic heterocycles. The SMILES string of the molecule is CN1C(=O)c2cc(NC(=O)c3cc(F)cc(F)c3)ccc2OC[C@H]2O[C@@H](CC(=O)O)CC[C@H]21. The van der Waals surface area contributed by atoms with Gasteiger partial charge in [0.05, 0.1) is 24.1 Å². The second-order valence-electron chi connectivity index (χ2n) is 8.09. The van der Waals surface area contributed by atoms with Crippen molar-refractivity contribution in [3.63, 3.8) is 0 Å². The number of carbonyl (C=O) groups is 3. The van der Waals surface area contributed by atoms with Crippen LogP contribution in [-0.4, -0.2) is 59.7 Å². The van der Waals surface area contributed by atoms with Crippen molar-refractivity contribution in [2.45, 2.75) is 37.5 Å². The quantitative estimate of drug-likeness (QED) is 0.727. The fourth-order valence-electron chi connectivity index (χ4n) is 4.19. The molecule has 2 N–H and O–H groups in total. The Bertz CT molecular complexity index is 1090. The van der Waals surface area contributed by atoms with Gasteiger partial charge < -0.3 is 24.8 Å². The number of likely N-dealkylation sites (N-methyl/N-ethyl adjacent to an activating group) is 1. The van der Waals surface area contributed by atoms with Gasteiger partial charge in [0.2, 0.25) is 0 Å². The van der Waals surface area contributed by atoms with Crippen molar-refractivity contribution in [1.82, 2.24) is 4.90 Å². The van der Waals surface area contributed by atoms with Crippen LogP contribution < -0.4 is 10.1 Å². The normalized spacial score (nSPS) is 22.3. The number of hydrogen-bond acceptors (Lipinski definition) is 5. The van der Waals surface area contributed by atoms with E-state index in [4.69, 9.17) is 14.6 Å². The molecule has 33 heavy (non-hydrogen) atoms. The molecule has 0 aliphatic carbocycles. The van der Waals surface area contributed by atoms with Gasteiger partial charge in [-0.2, -0.15) is 0 Å². The predicted molar refractivity (Wildman–Crippen MR) is 112 cm³/mol. The van der Waals surface area contributed by atoms with Gasteiger partial charge in [-0.05, 0) is 43.2 Å². The summed E-state index contributed by atoms with van der Waals surface area (Å²) in [6, 6.07) is 6.65. The first-order chi connectivity index (χ1) is 15.7. The van der Waals surface area contributed by atoms with Crippen molar-refractivity contribution in [2.75, 3.05) is 19.0 Å². The lowest BCUT2D eigenvalue weighted by Gasteiger charge is -2.42. The lowest BCUT2D eigenvalue weighted by molar-refractivity contribution is -0.148. The van der Waals surface area contributed by atoms with Crippen LogP contribution in [0.4, 0.5) is 14.5 Å². The molecule has 174 valence electrons. The Morgan fingerprint density at radius 3 is 2.58 bits per heavy atom. The van der Waals surface area contributed by atoms with E-state index in [1.54, 1.807) is 7.05 Å². The zero-order valence-corrected chi connectivity index (χ0v) is 17.7. The van der Waals surface area contributed by atoms with Gasteiger partial charge in [-0.1, -0.05) is 0 Å². The number of amides is 2. The van der Waals surface area contributed by atoms with Gasteiger partial charge in [0.25, 0.3) is 11.8 Å². The Morgan fingerprint density at radius 2 is 1.88 bits per heavy atom. The number of carbonyl (C=O) groups excluding carboxylic acids is 2. The number of carboxylic acid groups (broad SMARTS) is 1. The Hall–Kier alpha value is -3.53. The highest BCUT2D eigenvalue weighted by atomic mass is 19.1. The molecule has 10 heteroatoms. The van der Waals surface area contributed by atoms with Crippen LogP contribution in [0.3, 0.4) is 0 Å². The number of benzene rings is 2. The average Bonchev–Trinajstić information content (AvgIpc) is 2.75. The summed E-state index contributed by atoms with van der Waals surface area (Å²) in [6.45, 7) is 0.125. The van der Waals surface area contributed by atoms with Gasteiger partial charge in [0, 0.05) is 24.4 Å². The van der Waals surface area contributed by atoms with E-state index in [-0.39, 0.29) is 47.5 Å². The molecule has 2 aromatic rings. The zero-order valence-electron chi connectivity index (χ0n) is 17.7. The van der Waals surface area contributed by atoms with E-state index in [2.05, 4.69) is 5.32 Å². The van der Waals surface area contributed by atoms with Gasteiger partial charge in [-0.15, -0.1) is 0 Å². The highest BCUT2D eigenvalue weighted by Crippen LogP contribution is 2.32. The lowest BCUT2D eigenvalue weighted by Crippen LogP contribution is -2.53. The summed E-state index contributed by atoms with van der Waals surface area (Å²) in [5.41, 5.74) is 0.274. The van der Waals surface area contributed by atoms with Crippen molar-refractivity contribution < 1.29 is 37.7 Å². The maximum Gasteiger partial charge on any atom is 0.305 e. The molecule has 0 bridgehead atoms. The van der Waals surface area contributed by atoms with E-state index in [1.807, 2.05) is 0 Å². The molecule has 0 saturated carbocycles. The molecule has 0 spiro atoms. The Labute approximate surface area is 188 Å². The van der Waals surface area contributed by atoms with Crippen LogP contribution in [0.15, 0.2) is 36.4 Å². The van der Waals surface area contributed by atoms with Gasteiger partial charge in [0.15, 0.2) is 0 Å². The summed E-state index contributed by atoms with van der Waals surface area (Å²) in [6.07, 6.45) is 0.0199. The molecule has 4 rings (SSSR count). The molecule has 0 aromatic heterocycles. The van der Waals surface area contributed by atoms with Crippen molar-refractivity contribution >= 4 is 23.5 Å². The fraction of sp³-hybridized carbons (Fsp3) is 0.348. The van der Waals surface area contributed by atoms with E-state index >= 15 is 0 Å². The number of anilines is 1. The van der Waals surface area contributed by atoms with Crippen molar-refractivity contribution in [1.29, 1.82) is 0 Å². The van der Waals surface area contributed by atoms with Gasteiger partial charge >= 0.3 is 5.97 Å². The molecule has 1 fully saturated rings. The van der Waals surface area contributed by atoms with Gasteiger partial charge in [-0.3, -0.25) is 14.4 Å². The standard InChI is InChI=1S/C23H22F2N2O6/c1-27-18-4-3-16(10-21(28)29)33-20(18)11-32-19-5-2-15(9-17(19)23(27)31)26-22(30)12-6-13(24)8-14(25)7-12/h2,5-9,16,18,20H,3-4,10-11H2,1H3,(H,26,30)(H,28,29)/t16-,18-,20-/m1/s1. The Morgan fingerprint density at radius 1 is 1.15 bits per heavy atom. The first-order valence-electron chi connectivity index (χ1n) is 10.4. The second-order valence-corrected chi connectivity index (χ2v) is 8.09. The second kappa shape index (κ2) is 9.14. The van der Waals surface area contributed by atoms with Crippen LogP contribution in [0.2, 0.25) is 0 Å². The maximum absolute atomic E-state index is 13.4. The third-order valence-corrected chi connectivity index (χ3v) is 5.80. The molecule has 0 radical (unpaired) electrons. The molecule has 2 aromatic carbocycles. The van der Waals surface area contributed by atoms with Crippen LogP contribution >= 0.6 is 0 Å². The molecule has 1 saturated heterocycles. The molecule has 3 atom stereocenters. The monoisotopic (exact) mass is 460 g/mol. The van der Waals surface area contributed by atoms with E-state index in [1.165, 1.54) is 23.1 Å². The molecular weight excluding hydrogens is 438 g/mol. The van der Waals surface area contributed by atoms with E-state index in [0.717, 1.165) is 12.1 Å². The fourth-order valence-corrected chi connectivity index (χ4v) is 4.19. The topological polar surface area (TPSA) is 105 Å². The first-order valence-corrected chi connectivity index (χ1v) is 10.4. The minimum absolute atomic E-state index is 0.115. The summed E-state index contributed by atoms with van der Waals surface area (Å²) in [5.74, 6) is -3.50. The zero-order chi connectivity index (χ0) is 23.7. The first kappa shape index (κ1) is 22.7. The Balaban J connectivity index is 1.54.